The Labute approximate surface area is 208 Å². The molecule has 1 amide bonds. The third-order valence-electron chi connectivity index (χ3n) is 5.56. The molecule has 2 N–H and O–H groups in total. The lowest BCUT2D eigenvalue weighted by Crippen LogP contribution is -2.31. The Morgan fingerprint density at radius 3 is 2.23 bits per heavy atom. The summed E-state index contributed by atoms with van der Waals surface area (Å²) < 4.78 is 54.8. The number of amides is 1. The third kappa shape index (κ3) is 5.86. The summed E-state index contributed by atoms with van der Waals surface area (Å²) in [4.78, 5) is 12.6. The molecule has 4 rings (SSSR count). The number of rotatable bonds is 7. The van der Waals surface area contributed by atoms with Crippen LogP contribution in [0.3, 0.4) is 0 Å². The fraction of sp³-hybridized carbons (Fsp3) is 0.318. The van der Waals surface area contributed by atoms with Gasteiger partial charge in [0.05, 0.1) is 4.90 Å². The zero-order chi connectivity index (χ0) is 25.1. The van der Waals surface area contributed by atoms with Crippen LogP contribution in [0.1, 0.15) is 41.6 Å². The summed E-state index contributed by atoms with van der Waals surface area (Å²) in [6, 6.07) is 12.5. The van der Waals surface area contributed by atoms with Crippen molar-refractivity contribution in [2.24, 2.45) is 0 Å². The van der Waals surface area contributed by atoms with Gasteiger partial charge in [-0.05, 0) is 55.7 Å². The Kier molecular flexibility index (Phi) is 7.50. The van der Waals surface area contributed by atoms with Crippen LogP contribution in [0.5, 0.6) is 0 Å². The first-order valence-electron chi connectivity index (χ1n) is 11.0. The van der Waals surface area contributed by atoms with Gasteiger partial charge in [0.25, 0.3) is 20.3 Å². The van der Waals surface area contributed by atoms with E-state index in [9.17, 15) is 21.6 Å². The van der Waals surface area contributed by atoms with Crippen LogP contribution < -0.4 is 10.0 Å². The molecule has 35 heavy (non-hydrogen) atoms. The SMILES string of the molecule is Cc1ccccc1C(=O)Nc1nnc(S(=O)(=O)Nc2ccc(S(=O)(=O)N3CCCCCC3)cc2)s1. The first-order valence-corrected chi connectivity index (χ1v) is 14.7. The third-order valence-corrected chi connectivity index (χ3v) is 10.1. The summed E-state index contributed by atoms with van der Waals surface area (Å²) >= 11 is 0.709. The lowest BCUT2D eigenvalue weighted by atomic mass is 10.1. The molecule has 0 radical (unpaired) electrons. The van der Waals surface area contributed by atoms with E-state index < -0.39 is 26.0 Å². The van der Waals surface area contributed by atoms with Crippen molar-refractivity contribution in [1.82, 2.24) is 14.5 Å². The molecule has 10 nitrogen and oxygen atoms in total. The standard InChI is InChI=1S/C22H25N5O5S3/c1-16-8-4-5-9-19(16)20(28)23-21-24-25-22(33-21)34(29,30)26-17-10-12-18(13-11-17)35(31,32)27-14-6-2-3-7-15-27/h4-5,8-13,26H,2-3,6-7,14-15H2,1H3,(H,23,24,28). The normalized spacial score (nSPS) is 15.3. The number of aromatic nitrogens is 2. The quantitative estimate of drug-likeness (QED) is 0.442. The van der Waals surface area contributed by atoms with Crippen molar-refractivity contribution < 1.29 is 21.6 Å². The van der Waals surface area contributed by atoms with E-state index in [4.69, 9.17) is 0 Å². The molecule has 2 aromatic carbocycles. The van der Waals surface area contributed by atoms with E-state index >= 15 is 0 Å². The molecule has 1 aromatic heterocycles. The first kappa shape index (κ1) is 25.2. The van der Waals surface area contributed by atoms with Crippen molar-refractivity contribution in [3.8, 4) is 0 Å². The van der Waals surface area contributed by atoms with Crippen molar-refractivity contribution in [3.05, 3.63) is 59.7 Å². The summed E-state index contributed by atoms with van der Waals surface area (Å²) in [5.41, 5.74) is 1.39. The van der Waals surface area contributed by atoms with E-state index in [2.05, 4.69) is 20.2 Å². The second kappa shape index (κ2) is 10.4. The summed E-state index contributed by atoms with van der Waals surface area (Å²) in [7, 11) is -7.73. The number of nitrogens with one attached hydrogen (secondary N) is 2. The number of nitrogens with zero attached hydrogens (tertiary/aromatic N) is 3. The maximum Gasteiger partial charge on any atom is 0.291 e. The molecular formula is C22H25N5O5S3. The first-order chi connectivity index (χ1) is 16.7. The van der Waals surface area contributed by atoms with Crippen molar-refractivity contribution >= 4 is 48.1 Å². The number of anilines is 2. The highest BCUT2D eigenvalue weighted by Crippen LogP contribution is 2.25. The highest BCUT2D eigenvalue weighted by atomic mass is 32.2. The molecule has 0 atom stereocenters. The summed E-state index contributed by atoms with van der Waals surface area (Å²) in [5.74, 6) is -0.419. The zero-order valence-electron chi connectivity index (χ0n) is 19.0. The smallest absolute Gasteiger partial charge is 0.291 e. The number of benzene rings is 2. The number of carbonyl (C=O) groups excluding carboxylic acids is 1. The van der Waals surface area contributed by atoms with Gasteiger partial charge in [0.1, 0.15) is 0 Å². The number of sulfonamides is 2. The van der Waals surface area contributed by atoms with Gasteiger partial charge in [-0.2, -0.15) is 12.7 Å². The number of carbonyl (C=O) groups is 1. The van der Waals surface area contributed by atoms with Crippen molar-refractivity contribution in [2.45, 2.75) is 41.8 Å². The Bertz CT molecular complexity index is 1410. The van der Waals surface area contributed by atoms with Gasteiger partial charge >= 0.3 is 0 Å². The predicted molar refractivity (Wildman–Crippen MR) is 134 cm³/mol. The fourth-order valence-electron chi connectivity index (χ4n) is 3.69. The average Bonchev–Trinajstić information content (AvgIpc) is 3.12. The van der Waals surface area contributed by atoms with Crippen LogP contribution in [-0.2, 0) is 20.0 Å². The summed E-state index contributed by atoms with van der Waals surface area (Å²) in [6.45, 7) is 2.76. The molecule has 0 aliphatic carbocycles. The Balaban J connectivity index is 1.44. The lowest BCUT2D eigenvalue weighted by molar-refractivity contribution is 0.102. The van der Waals surface area contributed by atoms with E-state index in [0.29, 0.717) is 30.0 Å². The molecular weight excluding hydrogens is 510 g/mol. The van der Waals surface area contributed by atoms with Gasteiger partial charge in [-0.15, -0.1) is 10.2 Å². The maximum atomic E-state index is 12.9. The Morgan fingerprint density at radius 2 is 1.57 bits per heavy atom. The van der Waals surface area contributed by atoms with Crippen molar-refractivity contribution in [1.29, 1.82) is 0 Å². The average molecular weight is 536 g/mol. The number of hydrogen-bond donors (Lipinski definition) is 2. The van der Waals surface area contributed by atoms with E-state index in [1.54, 1.807) is 25.1 Å². The molecule has 2 heterocycles. The fourth-order valence-corrected chi connectivity index (χ4v) is 7.16. The van der Waals surface area contributed by atoms with E-state index in [1.165, 1.54) is 28.6 Å². The molecule has 186 valence electrons. The monoisotopic (exact) mass is 535 g/mol. The number of aryl methyl sites for hydroxylation is 1. The van der Waals surface area contributed by atoms with Crippen LogP contribution >= 0.6 is 11.3 Å². The van der Waals surface area contributed by atoms with Gasteiger partial charge in [0.15, 0.2) is 0 Å². The Hall–Kier alpha value is -2.87. The largest absolute Gasteiger partial charge is 0.296 e. The highest BCUT2D eigenvalue weighted by molar-refractivity contribution is 7.94. The second-order valence-corrected chi connectivity index (χ2v) is 12.9. The van der Waals surface area contributed by atoms with Crippen LogP contribution in [-0.4, -0.2) is 50.3 Å². The van der Waals surface area contributed by atoms with Gasteiger partial charge in [-0.1, -0.05) is 42.4 Å². The summed E-state index contributed by atoms with van der Waals surface area (Å²) in [5, 5.41) is 10.0. The predicted octanol–water partition coefficient (Wildman–Crippen LogP) is 3.46. The maximum absolute atomic E-state index is 12.9. The van der Waals surface area contributed by atoms with Crippen molar-refractivity contribution in [3.63, 3.8) is 0 Å². The van der Waals surface area contributed by atoms with Gasteiger partial charge < -0.3 is 0 Å². The minimum atomic E-state index is -4.09. The van der Waals surface area contributed by atoms with Crippen LogP contribution in [0.4, 0.5) is 10.8 Å². The topological polar surface area (TPSA) is 138 Å². The molecule has 0 bridgehead atoms. The minimum absolute atomic E-state index is 0.0394. The lowest BCUT2D eigenvalue weighted by Gasteiger charge is -2.20. The van der Waals surface area contributed by atoms with Crippen molar-refractivity contribution in [2.75, 3.05) is 23.1 Å². The second-order valence-electron chi connectivity index (χ2n) is 8.09. The van der Waals surface area contributed by atoms with E-state index in [0.717, 1.165) is 31.2 Å². The molecule has 3 aromatic rings. The summed E-state index contributed by atoms with van der Waals surface area (Å²) in [6.07, 6.45) is 3.67. The van der Waals surface area contributed by atoms with Gasteiger partial charge in [-0.3, -0.25) is 14.8 Å². The van der Waals surface area contributed by atoms with Crippen LogP contribution in [0.2, 0.25) is 0 Å². The molecule has 1 aliphatic heterocycles. The Morgan fingerprint density at radius 1 is 0.914 bits per heavy atom. The van der Waals surface area contributed by atoms with E-state index in [1.807, 2.05) is 6.07 Å². The number of hydrogen-bond acceptors (Lipinski definition) is 8. The van der Waals surface area contributed by atoms with Crippen LogP contribution in [0, 0.1) is 6.92 Å². The van der Waals surface area contributed by atoms with Crippen LogP contribution in [0.25, 0.3) is 0 Å². The van der Waals surface area contributed by atoms with Gasteiger partial charge in [0, 0.05) is 24.3 Å². The molecule has 13 heteroatoms. The van der Waals surface area contributed by atoms with Crippen LogP contribution in [0.15, 0.2) is 57.8 Å². The minimum Gasteiger partial charge on any atom is -0.296 e. The molecule has 0 spiro atoms. The van der Waals surface area contributed by atoms with Gasteiger partial charge in [0.2, 0.25) is 15.2 Å². The molecule has 1 saturated heterocycles. The molecule has 0 unspecified atom stereocenters. The molecule has 1 fully saturated rings. The zero-order valence-corrected chi connectivity index (χ0v) is 21.4. The van der Waals surface area contributed by atoms with Gasteiger partial charge in [-0.25, -0.2) is 8.42 Å². The molecule has 0 saturated carbocycles. The highest BCUT2D eigenvalue weighted by Gasteiger charge is 2.26. The molecule has 1 aliphatic rings. The van der Waals surface area contributed by atoms with E-state index in [-0.39, 0.29) is 20.1 Å².